The molecule has 7 heteroatoms. The van der Waals surface area contributed by atoms with Crippen molar-refractivity contribution in [2.45, 2.75) is 18.9 Å². The van der Waals surface area contributed by atoms with Gasteiger partial charge in [-0.1, -0.05) is 12.2 Å². The molecule has 0 saturated heterocycles. The third kappa shape index (κ3) is 2.45. The minimum Gasteiger partial charge on any atom is -0.366 e. The molecule has 0 saturated carbocycles. The molecule has 0 spiro atoms. The fourth-order valence-electron chi connectivity index (χ4n) is 1.78. The van der Waals surface area contributed by atoms with E-state index in [1.807, 2.05) is 12.2 Å². The molecular formula is C11H12N4O3. The lowest BCUT2D eigenvalue weighted by Crippen LogP contribution is -2.21. The number of aromatic nitrogens is 1. The van der Waals surface area contributed by atoms with Crippen molar-refractivity contribution in [3.8, 4) is 0 Å². The molecule has 18 heavy (non-hydrogen) atoms. The zero-order chi connectivity index (χ0) is 13.1. The fourth-order valence-corrected chi connectivity index (χ4v) is 1.78. The average molecular weight is 248 g/mol. The Morgan fingerprint density at radius 1 is 1.50 bits per heavy atom. The second-order valence-corrected chi connectivity index (χ2v) is 4.00. The number of hydrogen-bond donors (Lipinski definition) is 2. The van der Waals surface area contributed by atoms with Gasteiger partial charge in [0.05, 0.1) is 10.5 Å². The molecule has 0 fully saturated rings. The van der Waals surface area contributed by atoms with Gasteiger partial charge in [-0.05, 0) is 12.8 Å². The maximum absolute atomic E-state index is 11.3. The van der Waals surface area contributed by atoms with Gasteiger partial charge in [0.2, 0.25) is 0 Å². The third-order valence-corrected chi connectivity index (χ3v) is 2.70. The van der Waals surface area contributed by atoms with Crippen molar-refractivity contribution < 1.29 is 9.72 Å². The predicted octanol–water partition coefficient (Wildman–Crippen LogP) is 1.22. The fraction of sp³-hybridized carbons (Fsp3) is 0.273. The van der Waals surface area contributed by atoms with E-state index in [2.05, 4.69) is 10.3 Å². The molecular weight excluding hydrogens is 236 g/mol. The van der Waals surface area contributed by atoms with Crippen LogP contribution in [0.25, 0.3) is 0 Å². The normalized spacial score (nSPS) is 14.7. The standard InChI is InChI=1S/C11H12N4O3/c12-10(16)9-5-8(15(17)18)6-13-11(9)14-7-3-1-2-4-7/h1-2,5-7H,3-4H2,(H2,12,16)(H,13,14). The molecule has 7 nitrogen and oxygen atoms in total. The van der Waals surface area contributed by atoms with Crippen LogP contribution >= 0.6 is 0 Å². The van der Waals surface area contributed by atoms with E-state index >= 15 is 0 Å². The van der Waals surface area contributed by atoms with Crippen LogP contribution in [0.3, 0.4) is 0 Å². The number of nitrogens with two attached hydrogens (primary N) is 1. The van der Waals surface area contributed by atoms with E-state index in [-0.39, 0.29) is 17.3 Å². The van der Waals surface area contributed by atoms with Crippen LogP contribution in [0, 0.1) is 10.1 Å². The maximum Gasteiger partial charge on any atom is 0.288 e. The van der Waals surface area contributed by atoms with E-state index in [1.54, 1.807) is 0 Å². The lowest BCUT2D eigenvalue weighted by Gasteiger charge is -2.14. The van der Waals surface area contributed by atoms with E-state index in [9.17, 15) is 14.9 Å². The van der Waals surface area contributed by atoms with Gasteiger partial charge < -0.3 is 11.1 Å². The Bertz CT molecular complexity index is 519. The zero-order valence-electron chi connectivity index (χ0n) is 9.50. The Morgan fingerprint density at radius 3 is 2.72 bits per heavy atom. The number of nitrogens with one attached hydrogen (secondary N) is 1. The van der Waals surface area contributed by atoms with Crippen LogP contribution in [0.2, 0.25) is 0 Å². The minimum absolute atomic E-state index is 0.0381. The van der Waals surface area contributed by atoms with E-state index in [4.69, 9.17) is 5.73 Å². The molecule has 3 N–H and O–H groups in total. The summed E-state index contributed by atoms with van der Waals surface area (Å²) in [6, 6.07) is 1.29. The molecule has 2 rings (SSSR count). The van der Waals surface area contributed by atoms with Crippen LogP contribution in [0.1, 0.15) is 23.2 Å². The first-order valence-corrected chi connectivity index (χ1v) is 5.43. The van der Waals surface area contributed by atoms with Gasteiger partial charge in [-0.3, -0.25) is 14.9 Å². The molecule has 0 bridgehead atoms. The number of nitrogens with zero attached hydrogens (tertiary/aromatic N) is 2. The summed E-state index contributed by atoms with van der Waals surface area (Å²) in [5.41, 5.74) is 4.99. The van der Waals surface area contributed by atoms with Gasteiger partial charge in [0.15, 0.2) is 0 Å². The van der Waals surface area contributed by atoms with Crippen LogP contribution < -0.4 is 11.1 Å². The molecule has 1 aliphatic carbocycles. The summed E-state index contributed by atoms with van der Waals surface area (Å²) in [5.74, 6) is -0.443. The summed E-state index contributed by atoms with van der Waals surface area (Å²) in [6.07, 6.45) is 6.81. The highest BCUT2D eigenvalue weighted by Gasteiger charge is 2.19. The molecule has 0 atom stereocenters. The molecule has 1 aliphatic rings. The number of amides is 1. The van der Waals surface area contributed by atoms with Crippen molar-refractivity contribution in [2.75, 3.05) is 5.32 Å². The van der Waals surface area contributed by atoms with Crippen LogP contribution in [0.5, 0.6) is 0 Å². The van der Waals surface area contributed by atoms with E-state index in [0.29, 0.717) is 5.82 Å². The molecule has 0 aromatic carbocycles. The summed E-state index contributed by atoms with van der Waals surface area (Å²) in [6.45, 7) is 0. The first-order chi connectivity index (χ1) is 8.58. The van der Waals surface area contributed by atoms with E-state index in [0.717, 1.165) is 25.1 Å². The summed E-state index contributed by atoms with van der Waals surface area (Å²) in [4.78, 5) is 25.2. The number of carbonyl (C=O) groups is 1. The minimum atomic E-state index is -0.736. The summed E-state index contributed by atoms with van der Waals surface area (Å²) < 4.78 is 0. The van der Waals surface area contributed by atoms with Crippen molar-refractivity contribution in [3.05, 3.63) is 40.1 Å². The van der Waals surface area contributed by atoms with Gasteiger partial charge >= 0.3 is 0 Å². The smallest absolute Gasteiger partial charge is 0.288 e. The molecule has 1 amide bonds. The largest absolute Gasteiger partial charge is 0.366 e. The highest BCUT2D eigenvalue weighted by molar-refractivity contribution is 5.98. The molecule has 1 aromatic rings. The highest BCUT2D eigenvalue weighted by Crippen LogP contribution is 2.22. The van der Waals surface area contributed by atoms with Crippen LogP contribution in [-0.2, 0) is 0 Å². The number of pyridine rings is 1. The number of nitro groups is 1. The van der Waals surface area contributed by atoms with Crippen molar-refractivity contribution in [1.29, 1.82) is 0 Å². The van der Waals surface area contributed by atoms with Gasteiger partial charge in [0.25, 0.3) is 11.6 Å². The predicted molar refractivity (Wildman–Crippen MR) is 65.2 cm³/mol. The van der Waals surface area contributed by atoms with Crippen molar-refractivity contribution >= 4 is 17.4 Å². The topological polar surface area (TPSA) is 111 Å². The second kappa shape index (κ2) is 4.82. The monoisotopic (exact) mass is 248 g/mol. The Morgan fingerprint density at radius 2 is 2.17 bits per heavy atom. The second-order valence-electron chi connectivity index (χ2n) is 4.00. The van der Waals surface area contributed by atoms with Crippen LogP contribution in [-0.4, -0.2) is 21.9 Å². The average Bonchev–Trinajstić information content (AvgIpc) is 2.81. The lowest BCUT2D eigenvalue weighted by molar-refractivity contribution is -0.385. The first kappa shape index (κ1) is 12.0. The third-order valence-electron chi connectivity index (χ3n) is 2.70. The molecule has 0 radical (unpaired) electrons. The van der Waals surface area contributed by atoms with Gasteiger partial charge in [0.1, 0.15) is 12.0 Å². The SMILES string of the molecule is NC(=O)c1cc([N+](=O)[O-])cnc1NC1CC=CC1. The zero-order valence-corrected chi connectivity index (χ0v) is 9.50. The Hall–Kier alpha value is -2.44. The summed E-state index contributed by atoms with van der Waals surface area (Å²) >= 11 is 0. The molecule has 0 unspecified atom stereocenters. The number of carbonyl (C=O) groups excluding carboxylic acids is 1. The van der Waals surface area contributed by atoms with Crippen LogP contribution in [0.4, 0.5) is 11.5 Å². The number of hydrogen-bond acceptors (Lipinski definition) is 5. The number of anilines is 1. The van der Waals surface area contributed by atoms with Gasteiger partial charge in [-0.15, -0.1) is 0 Å². The van der Waals surface area contributed by atoms with Crippen LogP contribution in [0.15, 0.2) is 24.4 Å². The molecule has 0 aliphatic heterocycles. The molecule has 94 valence electrons. The van der Waals surface area contributed by atoms with E-state index in [1.165, 1.54) is 0 Å². The highest BCUT2D eigenvalue weighted by atomic mass is 16.6. The van der Waals surface area contributed by atoms with Crippen molar-refractivity contribution in [1.82, 2.24) is 4.98 Å². The van der Waals surface area contributed by atoms with Crippen molar-refractivity contribution in [3.63, 3.8) is 0 Å². The van der Waals surface area contributed by atoms with Crippen molar-refractivity contribution in [2.24, 2.45) is 5.73 Å². The Balaban J connectivity index is 2.28. The Kier molecular flexibility index (Phi) is 3.22. The van der Waals surface area contributed by atoms with Gasteiger partial charge in [-0.25, -0.2) is 4.98 Å². The van der Waals surface area contributed by atoms with E-state index < -0.39 is 10.8 Å². The summed E-state index contributed by atoms with van der Waals surface area (Å²) in [5, 5.41) is 13.7. The van der Waals surface area contributed by atoms with Gasteiger partial charge in [-0.2, -0.15) is 0 Å². The Labute approximate surface area is 103 Å². The lowest BCUT2D eigenvalue weighted by atomic mass is 10.2. The first-order valence-electron chi connectivity index (χ1n) is 5.43. The maximum atomic E-state index is 11.3. The molecule has 1 heterocycles. The quantitative estimate of drug-likeness (QED) is 0.472. The van der Waals surface area contributed by atoms with Gasteiger partial charge in [0, 0.05) is 12.1 Å². The molecule has 1 aromatic heterocycles. The summed E-state index contributed by atoms with van der Waals surface area (Å²) in [7, 11) is 0. The number of primary amides is 1. The number of rotatable bonds is 4.